The Morgan fingerprint density at radius 1 is 1.04 bits per heavy atom. The Morgan fingerprint density at radius 3 is 2.25 bits per heavy atom. The molecule has 0 radical (unpaired) electrons. The topological polar surface area (TPSA) is 64.6 Å². The summed E-state index contributed by atoms with van der Waals surface area (Å²) in [7, 11) is -0.865. The van der Waals surface area contributed by atoms with Crippen LogP contribution in [0.3, 0.4) is 0 Å². The number of hydrogen-bond acceptors (Lipinski definition) is 4. The summed E-state index contributed by atoms with van der Waals surface area (Å²) < 4.78 is 38.2. The van der Waals surface area contributed by atoms with Crippen molar-refractivity contribution in [1.29, 1.82) is 0 Å². The molecule has 0 fully saturated rings. The lowest BCUT2D eigenvalue weighted by Gasteiger charge is -2.14. The fraction of sp³-hybridized carbons (Fsp3) is 0.333. The molecular weight excluding hydrogens is 326 g/mol. The maximum absolute atomic E-state index is 12.7. The van der Waals surface area contributed by atoms with E-state index in [0.29, 0.717) is 17.4 Å². The molecule has 0 saturated carbocycles. The number of benzene rings is 2. The quantitative estimate of drug-likeness (QED) is 0.820. The highest BCUT2D eigenvalue weighted by molar-refractivity contribution is 7.92. The van der Waals surface area contributed by atoms with E-state index in [1.807, 2.05) is 12.1 Å². The molecule has 0 heterocycles. The molecule has 130 valence electrons. The number of ether oxygens (including phenoxy) is 2. The molecule has 5 nitrogen and oxygen atoms in total. The van der Waals surface area contributed by atoms with E-state index in [1.54, 1.807) is 24.3 Å². The Hall–Kier alpha value is -2.21. The van der Waals surface area contributed by atoms with Crippen LogP contribution in [0.1, 0.15) is 31.7 Å². The minimum absolute atomic E-state index is 0.0374. The highest BCUT2D eigenvalue weighted by Gasteiger charge is 2.20. The lowest BCUT2D eigenvalue weighted by molar-refractivity contribution is 0.392. The monoisotopic (exact) mass is 349 g/mol. The van der Waals surface area contributed by atoms with Crippen LogP contribution in [0.15, 0.2) is 47.4 Å². The van der Waals surface area contributed by atoms with Crippen LogP contribution in [-0.2, 0) is 10.0 Å². The molecule has 0 aliphatic heterocycles. The van der Waals surface area contributed by atoms with E-state index in [9.17, 15) is 8.42 Å². The van der Waals surface area contributed by atoms with Crippen molar-refractivity contribution in [3.05, 3.63) is 48.0 Å². The van der Waals surface area contributed by atoms with Gasteiger partial charge in [0.2, 0.25) is 0 Å². The maximum Gasteiger partial charge on any atom is 0.265 e. The van der Waals surface area contributed by atoms with Gasteiger partial charge in [-0.1, -0.05) is 26.0 Å². The van der Waals surface area contributed by atoms with Gasteiger partial charge in [-0.15, -0.1) is 0 Å². The third kappa shape index (κ3) is 4.00. The van der Waals surface area contributed by atoms with Crippen LogP contribution in [-0.4, -0.2) is 22.6 Å². The number of anilines is 1. The molecule has 1 unspecified atom stereocenters. The van der Waals surface area contributed by atoms with Crippen molar-refractivity contribution in [3.63, 3.8) is 0 Å². The summed E-state index contributed by atoms with van der Waals surface area (Å²) in [6.07, 6.45) is 1.03. The molecule has 2 aromatic carbocycles. The average Bonchev–Trinajstić information content (AvgIpc) is 2.60. The molecule has 0 aliphatic carbocycles. The Balaban J connectivity index is 2.31. The summed E-state index contributed by atoms with van der Waals surface area (Å²) in [5, 5.41) is 0. The molecule has 2 rings (SSSR count). The van der Waals surface area contributed by atoms with Crippen molar-refractivity contribution in [2.45, 2.75) is 31.1 Å². The lowest BCUT2D eigenvalue weighted by atomic mass is 9.99. The summed E-state index contributed by atoms with van der Waals surface area (Å²) >= 11 is 0. The number of sulfonamides is 1. The molecule has 1 atom stereocenters. The SMILES string of the molecule is CCC(C)c1ccc(NS(=O)(=O)c2cc(OC)ccc2OC)cc1. The van der Waals surface area contributed by atoms with Crippen LogP contribution in [0.25, 0.3) is 0 Å². The third-order valence-electron chi connectivity index (χ3n) is 4.00. The van der Waals surface area contributed by atoms with Gasteiger partial charge in [0, 0.05) is 11.8 Å². The lowest BCUT2D eigenvalue weighted by Crippen LogP contribution is -2.14. The number of methoxy groups -OCH3 is 2. The van der Waals surface area contributed by atoms with Gasteiger partial charge in [-0.25, -0.2) is 8.42 Å². The predicted octanol–water partition coefficient (Wildman–Crippen LogP) is 4.02. The van der Waals surface area contributed by atoms with Crippen molar-refractivity contribution in [2.75, 3.05) is 18.9 Å². The van der Waals surface area contributed by atoms with Crippen molar-refractivity contribution < 1.29 is 17.9 Å². The van der Waals surface area contributed by atoms with E-state index in [0.717, 1.165) is 6.42 Å². The van der Waals surface area contributed by atoms with Crippen molar-refractivity contribution in [1.82, 2.24) is 0 Å². The zero-order chi connectivity index (χ0) is 17.7. The molecular formula is C18H23NO4S. The number of hydrogen-bond donors (Lipinski definition) is 1. The summed E-state index contributed by atoms with van der Waals surface area (Å²) in [6, 6.07) is 12.1. The minimum Gasteiger partial charge on any atom is -0.497 e. The van der Waals surface area contributed by atoms with Crippen LogP contribution < -0.4 is 14.2 Å². The molecule has 0 amide bonds. The van der Waals surface area contributed by atoms with Gasteiger partial charge in [0.1, 0.15) is 16.4 Å². The molecule has 0 aliphatic rings. The van der Waals surface area contributed by atoms with Gasteiger partial charge in [-0.2, -0.15) is 0 Å². The fourth-order valence-corrected chi connectivity index (χ4v) is 3.56. The van der Waals surface area contributed by atoms with Gasteiger partial charge in [0.15, 0.2) is 0 Å². The zero-order valence-corrected chi connectivity index (χ0v) is 15.2. The van der Waals surface area contributed by atoms with Crippen LogP contribution in [0.2, 0.25) is 0 Å². The van der Waals surface area contributed by atoms with Gasteiger partial charge < -0.3 is 9.47 Å². The van der Waals surface area contributed by atoms with E-state index >= 15 is 0 Å². The maximum atomic E-state index is 12.7. The summed E-state index contributed by atoms with van der Waals surface area (Å²) in [6.45, 7) is 4.26. The predicted molar refractivity (Wildman–Crippen MR) is 95.5 cm³/mol. The first-order chi connectivity index (χ1) is 11.4. The number of nitrogens with one attached hydrogen (secondary N) is 1. The Labute approximate surface area is 143 Å². The highest BCUT2D eigenvalue weighted by atomic mass is 32.2. The molecule has 0 bridgehead atoms. The van der Waals surface area contributed by atoms with E-state index in [4.69, 9.17) is 9.47 Å². The van der Waals surface area contributed by atoms with Crippen molar-refractivity contribution in [3.8, 4) is 11.5 Å². The molecule has 0 saturated heterocycles. The van der Waals surface area contributed by atoms with Crippen LogP contribution in [0, 0.1) is 0 Å². The molecule has 6 heteroatoms. The van der Waals surface area contributed by atoms with E-state index in [1.165, 1.54) is 25.8 Å². The Morgan fingerprint density at radius 2 is 1.71 bits per heavy atom. The first-order valence-corrected chi connectivity index (χ1v) is 9.24. The second-order valence-corrected chi connectivity index (χ2v) is 7.20. The molecule has 0 spiro atoms. The van der Waals surface area contributed by atoms with Crippen molar-refractivity contribution >= 4 is 15.7 Å². The first kappa shape index (κ1) is 18.1. The van der Waals surface area contributed by atoms with Crippen LogP contribution in [0.5, 0.6) is 11.5 Å². The zero-order valence-electron chi connectivity index (χ0n) is 14.4. The van der Waals surface area contributed by atoms with Crippen molar-refractivity contribution in [2.24, 2.45) is 0 Å². The van der Waals surface area contributed by atoms with Gasteiger partial charge in [0.05, 0.1) is 14.2 Å². The largest absolute Gasteiger partial charge is 0.497 e. The van der Waals surface area contributed by atoms with E-state index in [-0.39, 0.29) is 10.6 Å². The van der Waals surface area contributed by atoms with Gasteiger partial charge in [-0.3, -0.25) is 4.72 Å². The Kier molecular flexibility index (Phi) is 5.72. The molecule has 2 aromatic rings. The van der Waals surface area contributed by atoms with Crippen LogP contribution in [0.4, 0.5) is 5.69 Å². The summed E-state index contributed by atoms with van der Waals surface area (Å²) in [5.41, 5.74) is 1.69. The molecule has 0 aromatic heterocycles. The van der Waals surface area contributed by atoms with E-state index in [2.05, 4.69) is 18.6 Å². The summed E-state index contributed by atoms with van der Waals surface area (Å²) in [4.78, 5) is 0.0374. The second kappa shape index (κ2) is 7.57. The van der Waals surface area contributed by atoms with Crippen LogP contribution >= 0.6 is 0 Å². The highest BCUT2D eigenvalue weighted by Crippen LogP contribution is 2.30. The third-order valence-corrected chi connectivity index (χ3v) is 5.41. The smallest absolute Gasteiger partial charge is 0.265 e. The van der Waals surface area contributed by atoms with Gasteiger partial charge >= 0.3 is 0 Å². The normalized spacial score (nSPS) is 12.5. The molecule has 1 N–H and O–H groups in total. The standard InChI is InChI=1S/C18H23NO4S/c1-5-13(2)14-6-8-15(9-7-14)19-24(20,21)18-12-16(22-3)10-11-17(18)23-4/h6-13,19H,5H2,1-4H3. The van der Waals surface area contributed by atoms with Gasteiger partial charge in [0.25, 0.3) is 10.0 Å². The Bertz CT molecular complexity index is 785. The summed E-state index contributed by atoms with van der Waals surface area (Å²) in [5.74, 6) is 1.15. The minimum atomic E-state index is -3.78. The second-order valence-electron chi connectivity index (χ2n) is 5.55. The molecule has 24 heavy (non-hydrogen) atoms. The fourth-order valence-electron chi connectivity index (χ4n) is 2.32. The van der Waals surface area contributed by atoms with Gasteiger partial charge in [-0.05, 0) is 42.2 Å². The number of rotatable bonds is 7. The van der Waals surface area contributed by atoms with E-state index < -0.39 is 10.0 Å². The average molecular weight is 349 g/mol. The first-order valence-electron chi connectivity index (χ1n) is 7.76.